The molecule has 0 radical (unpaired) electrons. The summed E-state index contributed by atoms with van der Waals surface area (Å²) >= 11 is 5.45. The van der Waals surface area contributed by atoms with Crippen molar-refractivity contribution >= 4 is 11.6 Å². The van der Waals surface area contributed by atoms with Crippen molar-refractivity contribution in [3.05, 3.63) is 0 Å². The molecular weight excluding hydrogens is 210 g/mol. The van der Waals surface area contributed by atoms with Crippen LogP contribution < -0.4 is 0 Å². The Kier molecular flexibility index (Phi) is 6.45. The summed E-state index contributed by atoms with van der Waals surface area (Å²) in [5.41, 5.74) is 0. The molecule has 0 aromatic carbocycles. The minimum absolute atomic E-state index is 0. The van der Waals surface area contributed by atoms with Gasteiger partial charge in [-0.3, -0.25) is 0 Å². The van der Waals surface area contributed by atoms with Crippen molar-refractivity contribution in [2.24, 2.45) is 0 Å². The van der Waals surface area contributed by atoms with Crippen LogP contribution in [0.5, 0.6) is 0 Å². The molecule has 7 heavy (non-hydrogen) atoms. The molecule has 0 unspecified atom stereocenters. The number of halogens is 1. The molecule has 0 saturated heterocycles. The van der Waals surface area contributed by atoms with Gasteiger partial charge >= 0.3 is 0 Å². The van der Waals surface area contributed by atoms with Gasteiger partial charge in [0.2, 0.25) is 0 Å². The molecular formula is C4H11CdClN+. The minimum Gasteiger partial charge on any atom is -0.318 e. The Bertz CT molecular complexity index is 41.4. The standard InChI is InChI=1S/C4H11ClN.Cd/c1-6(2,3)4-5;/h4H2,1-3H3;/q+1;. The predicted octanol–water partition coefficient (Wildman–Crippen LogP) is 0.886. The summed E-state index contributed by atoms with van der Waals surface area (Å²) in [5.74, 6) is 0. The Morgan fingerprint density at radius 3 is 1.43 bits per heavy atom. The summed E-state index contributed by atoms with van der Waals surface area (Å²) in [7, 11) is 6.15. The molecule has 0 bridgehead atoms. The summed E-state index contributed by atoms with van der Waals surface area (Å²) in [6.07, 6.45) is 0. The van der Waals surface area contributed by atoms with Gasteiger partial charge < -0.3 is 4.48 Å². The van der Waals surface area contributed by atoms with E-state index < -0.39 is 0 Å². The predicted molar refractivity (Wildman–Crippen MR) is 28.8 cm³/mol. The van der Waals surface area contributed by atoms with Crippen molar-refractivity contribution in [3.63, 3.8) is 0 Å². The first kappa shape index (κ1) is 11.0. The molecule has 0 N–H and O–H groups in total. The van der Waals surface area contributed by atoms with E-state index >= 15 is 0 Å². The first-order chi connectivity index (χ1) is 2.56. The molecule has 1 nitrogen and oxygen atoms in total. The van der Waals surface area contributed by atoms with E-state index in [4.69, 9.17) is 11.6 Å². The van der Waals surface area contributed by atoms with Gasteiger partial charge in [0, 0.05) is 27.3 Å². The van der Waals surface area contributed by atoms with Crippen molar-refractivity contribution in [2.75, 3.05) is 27.1 Å². The van der Waals surface area contributed by atoms with Gasteiger partial charge in [0.15, 0.2) is 6.00 Å². The molecule has 0 aliphatic heterocycles. The van der Waals surface area contributed by atoms with Gasteiger partial charge in [-0.25, -0.2) is 0 Å². The van der Waals surface area contributed by atoms with Gasteiger partial charge in [-0.1, -0.05) is 11.6 Å². The molecule has 0 rings (SSSR count). The second-order valence-electron chi connectivity index (χ2n) is 2.41. The number of hydrogen-bond donors (Lipinski definition) is 0. The Labute approximate surface area is 70.4 Å². The van der Waals surface area contributed by atoms with E-state index in [1.165, 1.54) is 0 Å². The molecule has 3 heteroatoms. The van der Waals surface area contributed by atoms with Crippen LogP contribution in [0.2, 0.25) is 0 Å². The Balaban J connectivity index is 0. The number of nitrogens with zero attached hydrogens (tertiary/aromatic N) is 1. The number of quaternary nitrogens is 1. The average Bonchev–Trinajstić information content (AvgIpc) is 1.35. The fourth-order valence-electron chi connectivity index (χ4n) is 0. The fraction of sp³-hybridized carbons (Fsp3) is 1.00. The smallest absolute Gasteiger partial charge is 0.154 e. The van der Waals surface area contributed by atoms with E-state index in [9.17, 15) is 0 Å². The second kappa shape index (κ2) is 4.09. The number of alkyl halides is 1. The Morgan fingerprint density at radius 1 is 1.29 bits per heavy atom. The summed E-state index contributed by atoms with van der Waals surface area (Å²) in [6.45, 7) is 0. The van der Waals surface area contributed by atoms with Crippen molar-refractivity contribution in [1.29, 1.82) is 0 Å². The number of rotatable bonds is 1. The van der Waals surface area contributed by atoms with Gasteiger partial charge in [0.25, 0.3) is 0 Å². The zero-order valence-electron chi connectivity index (χ0n) is 5.24. The average molecular weight is 221 g/mol. The van der Waals surface area contributed by atoms with Crippen molar-refractivity contribution in [1.82, 2.24) is 0 Å². The SMILES string of the molecule is C[N+](C)(C)CCl.[Cd]. The third kappa shape index (κ3) is 11.0. The van der Waals surface area contributed by atoms with Crippen LogP contribution in [0.25, 0.3) is 0 Å². The molecule has 0 amide bonds. The monoisotopic (exact) mass is 222 g/mol. The van der Waals surface area contributed by atoms with Crippen LogP contribution in [0.15, 0.2) is 0 Å². The topological polar surface area (TPSA) is 0 Å². The van der Waals surface area contributed by atoms with Crippen LogP contribution in [0, 0.1) is 0 Å². The Morgan fingerprint density at radius 2 is 1.43 bits per heavy atom. The molecule has 0 fully saturated rings. The van der Waals surface area contributed by atoms with Gasteiger partial charge in [0.05, 0.1) is 21.1 Å². The Hall–Kier alpha value is 1.17. The van der Waals surface area contributed by atoms with E-state index in [0.29, 0.717) is 6.00 Å². The maximum atomic E-state index is 5.45. The van der Waals surface area contributed by atoms with E-state index in [1.807, 2.05) is 21.1 Å². The zero-order chi connectivity index (χ0) is 5.21. The number of hydrogen-bond acceptors (Lipinski definition) is 0. The van der Waals surface area contributed by atoms with Crippen LogP contribution in [0.1, 0.15) is 0 Å². The third-order valence-electron chi connectivity index (χ3n) is 0.359. The molecule has 0 aliphatic rings. The van der Waals surface area contributed by atoms with Crippen LogP contribution in [0.3, 0.4) is 0 Å². The van der Waals surface area contributed by atoms with Crippen molar-refractivity contribution < 1.29 is 31.8 Å². The van der Waals surface area contributed by atoms with E-state index in [-0.39, 0.29) is 27.3 Å². The molecule has 0 atom stereocenters. The molecule has 0 aromatic heterocycles. The first-order valence-corrected chi connectivity index (χ1v) is 2.46. The summed E-state index contributed by atoms with van der Waals surface area (Å²) in [5, 5.41) is 0. The molecule has 0 saturated carbocycles. The largest absolute Gasteiger partial charge is 0.318 e. The van der Waals surface area contributed by atoms with Crippen molar-refractivity contribution in [3.8, 4) is 0 Å². The second-order valence-corrected chi connectivity index (χ2v) is 2.65. The molecule has 0 aliphatic carbocycles. The molecule has 0 spiro atoms. The minimum atomic E-state index is 0. The van der Waals surface area contributed by atoms with Crippen LogP contribution in [0.4, 0.5) is 0 Å². The van der Waals surface area contributed by atoms with Crippen LogP contribution in [-0.2, 0) is 27.3 Å². The van der Waals surface area contributed by atoms with Gasteiger partial charge in [-0.15, -0.1) is 0 Å². The maximum absolute atomic E-state index is 5.45. The van der Waals surface area contributed by atoms with Gasteiger partial charge in [0.1, 0.15) is 0 Å². The van der Waals surface area contributed by atoms with Gasteiger partial charge in [-0.05, 0) is 0 Å². The van der Waals surface area contributed by atoms with E-state index in [0.717, 1.165) is 4.48 Å². The summed E-state index contributed by atoms with van der Waals surface area (Å²) < 4.78 is 0.835. The van der Waals surface area contributed by atoms with Crippen LogP contribution in [-0.4, -0.2) is 31.6 Å². The summed E-state index contributed by atoms with van der Waals surface area (Å²) in [4.78, 5) is 0. The normalized spacial score (nSPS) is 10.3. The first-order valence-electron chi connectivity index (χ1n) is 1.93. The molecule has 0 heterocycles. The molecule has 0 aromatic rings. The quantitative estimate of drug-likeness (QED) is 0.267. The fourth-order valence-corrected chi connectivity index (χ4v) is 0. The van der Waals surface area contributed by atoms with Gasteiger partial charge in [-0.2, -0.15) is 0 Å². The molecule has 40 valence electrons. The maximum Gasteiger partial charge on any atom is 0.154 e. The van der Waals surface area contributed by atoms with Crippen molar-refractivity contribution in [2.45, 2.75) is 0 Å². The zero-order valence-corrected chi connectivity index (χ0v) is 10.0. The van der Waals surface area contributed by atoms with E-state index in [2.05, 4.69) is 0 Å². The van der Waals surface area contributed by atoms with E-state index in [1.54, 1.807) is 0 Å². The summed E-state index contributed by atoms with van der Waals surface area (Å²) in [6, 6.07) is 0.681. The third-order valence-corrected chi connectivity index (χ3v) is 1.08. The van der Waals surface area contributed by atoms with Crippen LogP contribution >= 0.6 is 11.6 Å².